The van der Waals surface area contributed by atoms with Gasteiger partial charge >= 0.3 is 0 Å². The molecule has 1 aliphatic carbocycles. The van der Waals surface area contributed by atoms with Crippen LogP contribution in [0.1, 0.15) is 36.5 Å². The van der Waals surface area contributed by atoms with Gasteiger partial charge in [-0.3, -0.25) is 4.79 Å². The fourth-order valence-corrected chi connectivity index (χ4v) is 3.41. The third kappa shape index (κ3) is 2.71. The minimum Gasteiger partial charge on any atom is -0.394 e. The van der Waals surface area contributed by atoms with E-state index in [0.717, 1.165) is 19.3 Å². The monoisotopic (exact) mass is 297 g/mol. The lowest BCUT2D eigenvalue weighted by molar-refractivity contribution is 0.0639. The quantitative estimate of drug-likeness (QED) is 0.853. The average Bonchev–Trinajstić information content (AvgIpc) is 2.42. The number of amides is 1. The van der Waals surface area contributed by atoms with Gasteiger partial charge < -0.3 is 10.4 Å². The lowest BCUT2D eigenvalue weighted by atomic mass is 9.77. The summed E-state index contributed by atoms with van der Waals surface area (Å²) in [6.07, 6.45) is 2.39. The lowest BCUT2D eigenvalue weighted by Crippen LogP contribution is -2.56. The Morgan fingerprint density at radius 2 is 2.00 bits per heavy atom. The minimum absolute atomic E-state index is 0.0485. The van der Waals surface area contributed by atoms with Gasteiger partial charge in [0.15, 0.2) is 9.84 Å². The molecule has 0 bridgehead atoms. The van der Waals surface area contributed by atoms with E-state index in [0.29, 0.717) is 0 Å². The van der Waals surface area contributed by atoms with E-state index in [4.69, 9.17) is 0 Å². The maximum Gasteiger partial charge on any atom is 0.253 e. The van der Waals surface area contributed by atoms with Gasteiger partial charge in [0.2, 0.25) is 0 Å². The summed E-state index contributed by atoms with van der Waals surface area (Å²) in [6.45, 7) is 1.42. The molecule has 1 aliphatic rings. The van der Waals surface area contributed by atoms with Crippen molar-refractivity contribution in [2.75, 3.05) is 12.4 Å². The maximum atomic E-state index is 12.3. The van der Waals surface area contributed by atoms with E-state index in [1.165, 1.54) is 12.1 Å². The second kappa shape index (κ2) is 5.54. The number of carbonyl (C=O) groups excluding carboxylic acids is 1. The highest BCUT2D eigenvalue weighted by molar-refractivity contribution is 7.91. The number of carbonyl (C=O) groups is 1. The predicted octanol–water partition coefficient (Wildman–Crippen LogP) is 1.12. The Balaban J connectivity index is 2.31. The van der Waals surface area contributed by atoms with Gasteiger partial charge in [-0.05, 0) is 31.4 Å². The second-order valence-corrected chi connectivity index (χ2v) is 7.39. The molecule has 1 aromatic rings. The van der Waals surface area contributed by atoms with Gasteiger partial charge in [-0.25, -0.2) is 8.42 Å². The maximum absolute atomic E-state index is 12.3. The van der Waals surface area contributed by atoms with E-state index < -0.39 is 21.3 Å². The topological polar surface area (TPSA) is 83.5 Å². The number of aliphatic hydroxyl groups excluding tert-OH is 1. The van der Waals surface area contributed by atoms with Gasteiger partial charge in [0, 0.05) is 0 Å². The number of benzene rings is 1. The summed E-state index contributed by atoms with van der Waals surface area (Å²) < 4.78 is 24.0. The summed E-state index contributed by atoms with van der Waals surface area (Å²) in [5, 5.41) is 12.2. The third-order valence-corrected chi connectivity index (χ3v) is 5.63. The summed E-state index contributed by atoms with van der Waals surface area (Å²) in [5.74, 6) is -0.492. The van der Waals surface area contributed by atoms with E-state index in [-0.39, 0.29) is 22.8 Å². The molecule has 0 aliphatic heterocycles. The zero-order valence-electron chi connectivity index (χ0n) is 11.4. The molecule has 2 N–H and O–H groups in total. The van der Waals surface area contributed by atoms with Crippen LogP contribution in [0, 0.1) is 0 Å². The van der Waals surface area contributed by atoms with Crippen LogP contribution in [0.2, 0.25) is 0 Å². The highest BCUT2D eigenvalue weighted by Gasteiger charge is 2.38. The van der Waals surface area contributed by atoms with Gasteiger partial charge in [0.1, 0.15) is 0 Å². The molecule has 110 valence electrons. The Bertz CT molecular complexity index is 600. The van der Waals surface area contributed by atoms with E-state index in [1.807, 2.05) is 0 Å². The molecule has 0 aromatic heterocycles. The van der Waals surface area contributed by atoms with Crippen LogP contribution < -0.4 is 5.32 Å². The molecule has 1 aromatic carbocycles. The molecule has 1 saturated carbocycles. The van der Waals surface area contributed by atoms with Crippen molar-refractivity contribution in [3.63, 3.8) is 0 Å². The van der Waals surface area contributed by atoms with E-state index >= 15 is 0 Å². The van der Waals surface area contributed by atoms with Crippen LogP contribution >= 0.6 is 0 Å². The van der Waals surface area contributed by atoms with E-state index in [9.17, 15) is 18.3 Å². The van der Waals surface area contributed by atoms with Crippen LogP contribution in [0.15, 0.2) is 29.2 Å². The zero-order valence-corrected chi connectivity index (χ0v) is 12.2. The summed E-state index contributed by atoms with van der Waals surface area (Å²) >= 11 is 0. The first-order valence-corrected chi connectivity index (χ1v) is 8.34. The minimum atomic E-state index is -3.45. The molecule has 0 saturated heterocycles. The lowest BCUT2D eigenvalue weighted by Gasteiger charge is -2.41. The molecule has 5 nitrogen and oxygen atoms in total. The Kier molecular flexibility index (Phi) is 4.15. The van der Waals surface area contributed by atoms with Gasteiger partial charge in [0.05, 0.1) is 28.4 Å². The largest absolute Gasteiger partial charge is 0.394 e. The van der Waals surface area contributed by atoms with Crippen molar-refractivity contribution in [2.24, 2.45) is 0 Å². The van der Waals surface area contributed by atoms with Gasteiger partial charge in [-0.2, -0.15) is 0 Å². The van der Waals surface area contributed by atoms with Crippen molar-refractivity contribution in [2.45, 2.75) is 36.6 Å². The number of hydrogen-bond acceptors (Lipinski definition) is 4. The molecule has 20 heavy (non-hydrogen) atoms. The number of aliphatic hydroxyl groups is 1. The molecule has 0 unspecified atom stereocenters. The van der Waals surface area contributed by atoms with E-state index in [1.54, 1.807) is 19.1 Å². The summed E-state index contributed by atoms with van der Waals surface area (Å²) in [4.78, 5) is 12.4. The van der Waals surface area contributed by atoms with Crippen LogP contribution in [0.3, 0.4) is 0 Å². The van der Waals surface area contributed by atoms with Crippen molar-refractivity contribution in [1.82, 2.24) is 5.32 Å². The van der Waals surface area contributed by atoms with Gasteiger partial charge in [-0.15, -0.1) is 0 Å². The summed E-state index contributed by atoms with van der Waals surface area (Å²) in [5.41, 5.74) is -0.436. The smallest absolute Gasteiger partial charge is 0.253 e. The molecule has 0 radical (unpaired) electrons. The predicted molar refractivity (Wildman–Crippen MR) is 75.3 cm³/mol. The van der Waals surface area contributed by atoms with Crippen molar-refractivity contribution >= 4 is 15.7 Å². The SMILES string of the molecule is CCS(=O)(=O)c1ccccc1C(=O)NC1(CO)CCC1. The Labute approximate surface area is 118 Å². The molecule has 0 spiro atoms. The first-order valence-electron chi connectivity index (χ1n) is 6.69. The van der Waals surface area contributed by atoms with Crippen LogP contribution in [0.4, 0.5) is 0 Å². The van der Waals surface area contributed by atoms with Crippen molar-refractivity contribution < 1.29 is 18.3 Å². The molecule has 0 atom stereocenters. The fraction of sp³-hybridized carbons (Fsp3) is 0.500. The highest BCUT2D eigenvalue weighted by Crippen LogP contribution is 2.31. The van der Waals surface area contributed by atoms with Crippen molar-refractivity contribution in [1.29, 1.82) is 0 Å². The number of rotatable bonds is 5. The average molecular weight is 297 g/mol. The number of sulfone groups is 1. The normalized spacial score (nSPS) is 17.3. The Hall–Kier alpha value is -1.40. The fourth-order valence-electron chi connectivity index (χ4n) is 2.32. The molecule has 2 rings (SSSR count). The second-order valence-electron chi connectivity index (χ2n) is 5.15. The number of nitrogens with one attached hydrogen (secondary N) is 1. The summed E-state index contributed by atoms with van der Waals surface area (Å²) in [6, 6.07) is 6.18. The number of hydrogen-bond donors (Lipinski definition) is 2. The first kappa shape index (κ1) is 15.0. The zero-order chi connectivity index (χ0) is 14.8. The van der Waals surface area contributed by atoms with E-state index in [2.05, 4.69) is 5.32 Å². The Morgan fingerprint density at radius 3 is 2.50 bits per heavy atom. The van der Waals surface area contributed by atoms with Crippen molar-refractivity contribution in [3.8, 4) is 0 Å². The molecule has 6 heteroatoms. The summed E-state index contributed by atoms with van der Waals surface area (Å²) in [7, 11) is -3.45. The molecule has 1 amide bonds. The van der Waals surface area contributed by atoms with Crippen LogP contribution in [-0.4, -0.2) is 37.3 Å². The molecular formula is C14H19NO4S. The molecule has 0 heterocycles. The molecular weight excluding hydrogens is 278 g/mol. The molecule has 1 fully saturated rings. The van der Waals surface area contributed by atoms with Crippen molar-refractivity contribution in [3.05, 3.63) is 29.8 Å². The first-order chi connectivity index (χ1) is 9.44. The van der Waals surface area contributed by atoms with Crippen LogP contribution in [0.25, 0.3) is 0 Å². The Morgan fingerprint density at radius 1 is 1.35 bits per heavy atom. The highest BCUT2D eigenvalue weighted by atomic mass is 32.2. The third-order valence-electron chi connectivity index (χ3n) is 3.84. The van der Waals surface area contributed by atoms with Gasteiger partial charge in [0.25, 0.3) is 5.91 Å². The van der Waals surface area contributed by atoms with Crippen LogP contribution in [0.5, 0.6) is 0 Å². The standard InChI is InChI=1S/C14H19NO4S/c1-2-20(18,19)12-7-4-3-6-11(12)13(17)15-14(10-16)8-5-9-14/h3-4,6-7,16H,2,5,8-10H2,1H3,(H,15,17). The van der Waals surface area contributed by atoms with Gasteiger partial charge in [-0.1, -0.05) is 19.1 Å². The van der Waals surface area contributed by atoms with Crippen LogP contribution in [-0.2, 0) is 9.84 Å².